The number of nitrogens with zero attached hydrogens (tertiary/aromatic N) is 4. The van der Waals surface area contributed by atoms with Crippen molar-refractivity contribution >= 4 is 21.8 Å². The lowest BCUT2D eigenvalue weighted by atomic mass is 9.78. The fourth-order valence-electron chi connectivity index (χ4n) is 7.20. The van der Waals surface area contributed by atoms with Crippen molar-refractivity contribution in [2.75, 3.05) is 0 Å². The number of hydrogen-bond donors (Lipinski definition) is 0. The molecule has 4 heterocycles. The van der Waals surface area contributed by atoms with Gasteiger partial charge in [-0.3, -0.25) is 9.97 Å². The second kappa shape index (κ2) is 9.15. The Hall–Kier alpha value is -5.22. The molecule has 3 aromatic carbocycles. The minimum Gasteiger partial charge on any atom is -0.265 e. The number of hydrogen-bond acceptors (Lipinski definition) is 4. The van der Waals surface area contributed by atoms with Gasteiger partial charge in [0.25, 0.3) is 0 Å². The molecule has 0 atom stereocenters. The lowest BCUT2D eigenvalue weighted by molar-refractivity contribution is 0.908. The molecular weight excluding hydrogens is 512 g/mol. The van der Waals surface area contributed by atoms with E-state index in [9.17, 15) is 0 Å². The average Bonchev–Trinajstić information content (AvgIpc) is 3.06. The highest BCUT2D eigenvalue weighted by molar-refractivity contribution is 6.02. The first kappa shape index (κ1) is 23.5. The molecule has 7 aromatic rings. The molecule has 42 heavy (non-hydrogen) atoms. The van der Waals surface area contributed by atoms with E-state index in [1.54, 1.807) is 0 Å². The van der Waals surface area contributed by atoms with E-state index >= 15 is 0 Å². The maximum absolute atomic E-state index is 5.29. The van der Waals surface area contributed by atoms with Crippen molar-refractivity contribution < 1.29 is 0 Å². The predicted molar refractivity (Wildman–Crippen MR) is 169 cm³/mol. The molecular formula is C38H26N4. The first-order valence-corrected chi connectivity index (χ1v) is 14.6. The van der Waals surface area contributed by atoms with Crippen LogP contribution in [0.5, 0.6) is 0 Å². The van der Waals surface area contributed by atoms with Crippen LogP contribution in [0.25, 0.3) is 66.6 Å². The van der Waals surface area contributed by atoms with E-state index in [-0.39, 0.29) is 0 Å². The average molecular weight is 539 g/mol. The summed E-state index contributed by atoms with van der Waals surface area (Å²) in [5.41, 5.74) is 17.3. The maximum atomic E-state index is 5.29. The van der Waals surface area contributed by atoms with Gasteiger partial charge < -0.3 is 0 Å². The topological polar surface area (TPSA) is 51.6 Å². The highest BCUT2D eigenvalue weighted by atomic mass is 14.7. The molecule has 0 spiro atoms. The van der Waals surface area contributed by atoms with Crippen molar-refractivity contribution in [3.63, 3.8) is 0 Å². The van der Waals surface area contributed by atoms with Crippen molar-refractivity contribution in [1.29, 1.82) is 0 Å². The number of fused-ring (bicyclic) bond motifs is 8. The molecule has 0 N–H and O–H groups in total. The molecule has 0 amide bonds. The van der Waals surface area contributed by atoms with Crippen molar-refractivity contribution in [3.05, 3.63) is 132 Å². The molecule has 4 heteroatoms. The third-order valence-electron chi connectivity index (χ3n) is 9.05. The Balaban J connectivity index is 1.28. The van der Waals surface area contributed by atoms with Gasteiger partial charge >= 0.3 is 0 Å². The summed E-state index contributed by atoms with van der Waals surface area (Å²) in [5.74, 6) is 0. The Morgan fingerprint density at radius 3 is 1.33 bits per heavy atom. The number of rotatable bonds is 2. The normalized spacial score (nSPS) is 13.3. The predicted octanol–water partition coefficient (Wildman–Crippen LogP) is 8.44. The van der Waals surface area contributed by atoms with Crippen LogP contribution in [-0.4, -0.2) is 19.9 Å². The summed E-state index contributed by atoms with van der Waals surface area (Å²) >= 11 is 0. The van der Waals surface area contributed by atoms with E-state index in [4.69, 9.17) is 9.97 Å². The molecule has 4 aromatic heterocycles. The molecule has 4 nitrogen and oxygen atoms in total. The molecule has 0 saturated heterocycles. The minimum atomic E-state index is 0.955. The van der Waals surface area contributed by atoms with Crippen molar-refractivity contribution in [3.8, 4) is 44.8 Å². The van der Waals surface area contributed by atoms with E-state index in [0.717, 1.165) is 48.1 Å². The van der Waals surface area contributed by atoms with Gasteiger partial charge in [-0.05, 0) is 119 Å². The lowest BCUT2D eigenvalue weighted by Gasteiger charge is -2.28. The number of aryl methyl sites for hydroxylation is 2. The fraction of sp³-hybridized carbons (Fsp3) is 0.105. The zero-order chi connectivity index (χ0) is 27.6. The second-order valence-corrected chi connectivity index (χ2v) is 11.3. The molecule has 198 valence electrons. The lowest BCUT2D eigenvalue weighted by Crippen LogP contribution is -2.13. The van der Waals surface area contributed by atoms with Gasteiger partial charge in [0.2, 0.25) is 0 Å². The van der Waals surface area contributed by atoms with Crippen LogP contribution in [0.15, 0.2) is 110 Å². The van der Waals surface area contributed by atoms with E-state index < -0.39 is 0 Å². The number of aromatic nitrogens is 4. The van der Waals surface area contributed by atoms with E-state index in [2.05, 4.69) is 94.9 Å². The monoisotopic (exact) mass is 538 g/mol. The molecule has 0 bridgehead atoms. The summed E-state index contributed by atoms with van der Waals surface area (Å²) < 4.78 is 0. The number of para-hydroxylation sites is 2. The van der Waals surface area contributed by atoms with Crippen LogP contribution in [0, 0.1) is 0 Å². The van der Waals surface area contributed by atoms with Crippen molar-refractivity contribution in [2.24, 2.45) is 0 Å². The smallest absolute Gasteiger partial charge is 0.0750 e. The summed E-state index contributed by atoms with van der Waals surface area (Å²) in [6.45, 7) is 0. The zero-order valence-corrected chi connectivity index (χ0v) is 23.0. The minimum absolute atomic E-state index is 0.955. The second-order valence-electron chi connectivity index (χ2n) is 11.3. The Kier molecular flexibility index (Phi) is 5.12. The summed E-state index contributed by atoms with van der Waals surface area (Å²) in [4.78, 5) is 19.2. The molecule has 2 aliphatic carbocycles. The van der Waals surface area contributed by atoms with Crippen molar-refractivity contribution in [1.82, 2.24) is 19.9 Å². The molecule has 2 aliphatic rings. The van der Waals surface area contributed by atoms with Gasteiger partial charge in [0, 0.05) is 46.7 Å². The highest BCUT2D eigenvalue weighted by Gasteiger charge is 2.28. The van der Waals surface area contributed by atoms with Crippen LogP contribution in [0.4, 0.5) is 0 Å². The first-order valence-electron chi connectivity index (χ1n) is 14.6. The molecule has 0 unspecified atom stereocenters. The van der Waals surface area contributed by atoms with Crippen LogP contribution in [0.3, 0.4) is 0 Å². The van der Waals surface area contributed by atoms with Gasteiger partial charge in [-0.15, -0.1) is 0 Å². The molecule has 0 aliphatic heterocycles. The Morgan fingerprint density at radius 1 is 0.452 bits per heavy atom. The first-order chi connectivity index (χ1) is 20.8. The van der Waals surface area contributed by atoms with Crippen molar-refractivity contribution in [2.45, 2.75) is 25.7 Å². The summed E-state index contributed by atoms with van der Waals surface area (Å²) in [6, 6.07) is 30.4. The summed E-state index contributed by atoms with van der Waals surface area (Å²) in [5, 5.41) is 2.41. The van der Waals surface area contributed by atoms with Crippen LogP contribution in [0.2, 0.25) is 0 Å². The molecule has 0 fully saturated rings. The van der Waals surface area contributed by atoms with Crippen LogP contribution >= 0.6 is 0 Å². The maximum Gasteiger partial charge on any atom is 0.0750 e. The Morgan fingerprint density at radius 2 is 0.881 bits per heavy atom. The van der Waals surface area contributed by atoms with Gasteiger partial charge in [0.1, 0.15) is 0 Å². The standard InChI is InChI=1S/C38H26N4/c1-3-7-33-27(5-1)35(23-13-17-39-18-14-23)29-11-9-25-22-32-26(21-31(25)37(29)41-33)10-12-30-36(24-15-19-40-20-16-24)28-6-2-4-8-34(28)42-38(30)32/h1-8,13-22H,9-12H2. The summed E-state index contributed by atoms with van der Waals surface area (Å²) in [7, 11) is 0. The molecule has 0 saturated carbocycles. The quantitative estimate of drug-likeness (QED) is 0.222. The Bertz CT molecular complexity index is 2030. The fourth-order valence-corrected chi connectivity index (χ4v) is 7.20. The number of pyridine rings is 4. The van der Waals surface area contributed by atoms with Crippen LogP contribution in [0.1, 0.15) is 22.3 Å². The van der Waals surface area contributed by atoms with Crippen LogP contribution < -0.4 is 0 Å². The SMILES string of the molecule is c1ccc2c(-c3ccncc3)c3c(nc2c1)-c1cc2c(cc1CC3)-c1nc3ccccc3c(-c3ccncc3)c1CC2. The Labute approximate surface area is 243 Å². The van der Waals surface area contributed by atoms with Crippen LogP contribution in [-0.2, 0) is 25.7 Å². The van der Waals surface area contributed by atoms with E-state index in [1.807, 2.05) is 24.8 Å². The third-order valence-corrected chi connectivity index (χ3v) is 9.05. The van der Waals surface area contributed by atoms with Gasteiger partial charge in [0.15, 0.2) is 0 Å². The molecule has 0 radical (unpaired) electrons. The van der Waals surface area contributed by atoms with Gasteiger partial charge in [-0.25, -0.2) is 9.97 Å². The third kappa shape index (κ3) is 3.48. The summed E-state index contributed by atoms with van der Waals surface area (Å²) in [6.07, 6.45) is 11.4. The molecule has 9 rings (SSSR count). The zero-order valence-electron chi connectivity index (χ0n) is 23.0. The number of benzene rings is 3. The van der Waals surface area contributed by atoms with E-state index in [0.29, 0.717) is 0 Å². The van der Waals surface area contributed by atoms with Gasteiger partial charge in [-0.1, -0.05) is 36.4 Å². The highest BCUT2D eigenvalue weighted by Crippen LogP contribution is 2.46. The van der Waals surface area contributed by atoms with Gasteiger partial charge in [0.05, 0.1) is 22.4 Å². The largest absolute Gasteiger partial charge is 0.265 e. The van der Waals surface area contributed by atoms with Gasteiger partial charge in [-0.2, -0.15) is 0 Å². The van der Waals surface area contributed by atoms with E-state index in [1.165, 1.54) is 66.4 Å².